The average Bonchev–Trinajstić information content (AvgIpc) is 2.46. The number of hydrogen-bond acceptors (Lipinski definition) is 5. The average molecular weight is 265 g/mol. The van der Waals surface area contributed by atoms with Crippen molar-refractivity contribution in [3.63, 3.8) is 0 Å². The van der Waals surface area contributed by atoms with Gasteiger partial charge in [0.1, 0.15) is 0 Å². The first-order valence-electron chi connectivity index (χ1n) is 6.89. The van der Waals surface area contributed by atoms with Crippen molar-refractivity contribution in [1.29, 1.82) is 0 Å². The summed E-state index contributed by atoms with van der Waals surface area (Å²) in [5, 5.41) is 3.23. The Morgan fingerprint density at radius 2 is 2.16 bits per heavy atom. The van der Waals surface area contributed by atoms with E-state index < -0.39 is 0 Å². The Balaban J connectivity index is 1.66. The summed E-state index contributed by atoms with van der Waals surface area (Å²) < 4.78 is 11.1. The molecule has 106 valence electrons. The van der Waals surface area contributed by atoms with E-state index in [2.05, 4.69) is 10.3 Å². The molecule has 3 N–H and O–H groups in total. The van der Waals surface area contributed by atoms with Crippen LogP contribution in [0.5, 0.6) is 5.75 Å². The van der Waals surface area contributed by atoms with E-state index in [9.17, 15) is 0 Å². The Kier molecular flexibility index (Phi) is 5.42. The molecule has 0 bridgehead atoms. The van der Waals surface area contributed by atoms with Gasteiger partial charge in [0.25, 0.3) is 0 Å². The smallest absolute Gasteiger partial charge is 0.168 e. The fraction of sp³-hybridized carbons (Fsp3) is 0.643. The van der Waals surface area contributed by atoms with Crippen LogP contribution in [0.3, 0.4) is 0 Å². The molecule has 0 aliphatic heterocycles. The third kappa shape index (κ3) is 4.36. The number of hydrogen-bond donors (Lipinski definition) is 2. The molecule has 0 aromatic carbocycles. The van der Waals surface area contributed by atoms with Crippen molar-refractivity contribution >= 4 is 5.82 Å². The van der Waals surface area contributed by atoms with E-state index in [1.54, 1.807) is 13.3 Å². The summed E-state index contributed by atoms with van der Waals surface area (Å²) >= 11 is 0. The summed E-state index contributed by atoms with van der Waals surface area (Å²) in [5.74, 6) is 1.52. The number of nitrogens with two attached hydrogens (primary N) is 1. The zero-order valence-electron chi connectivity index (χ0n) is 11.5. The minimum Gasteiger partial charge on any atom is -0.493 e. The van der Waals surface area contributed by atoms with Crippen LogP contribution in [0.2, 0.25) is 0 Å². The molecule has 1 aromatic heterocycles. The van der Waals surface area contributed by atoms with Crippen LogP contribution in [0.25, 0.3) is 0 Å². The molecule has 1 saturated carbocycles. The van der Waals surface area contributed by atoms with Gasteiger partial charge in [0.2, 0.25) is 0 Å². The largest absolute Gasteiger partial charge is 0.493 e. The maximum Gasteiger partial charge on any atom is 0.168 e. The van der Waals surface area contributed by atoms with Gasteiger partial charge in [0.15, 0.2) is 11.6 Å². The monoisotopic (exact) mass is 265 g/mol. The van der Waals surface area contributed by atoms with Crippen LogP contribution in [0, 0.1) is 0 Å². The molecule has 0 unspecified atom stereocenters. The third-order valence-corrected chi connectivity index (χ3v) is 3.46. The fourth-order valence-electron chi connectivity index (χ4n) is 2.34. The minimum atomic E-state index is 0.368. The lowest BCUT2D eigenvalue weighted by molar-refractivity contribution is 0.0313. The second-order valence-corrected chi connectivity index (χ2v) is 4.89. The molecule has 0 amide bonds. The molecule has 1 heterocycles. The maximum absolute atomic E-state index is 5.87. The molecule has 0 radical (unpaired) electrons. The number of nitrogens with one attached hydrogen (secondary N) is 1. The van der Waals surface area contributed by atoms with Gasteiger partial charge in [-0.05, 0) is 37.8 Å². The fourth-order valence-corrected chi connectivity index (χ4v) is 2.34. The highest BCUT2D eigenvalue weighted by atomic mass is 16.5. The number of nitrogens with zero attached hydrogens (tertiary/aromatic N) is 1. The number of aromatic nitrogens is 1. The van der Waals surface area contributed by atoms with Crippen LogP contribution in [-0.2, 0) is 4.74 Å². The number of anilines is 1. The van der Waals surface area contributed by atoms with Gasteiger partial charge < -0.3 is 20.5 Å². The number of methoxy groups -OCH3 is 1. The Hall–Kier alpha value is -1.33. The Bertz CT molecular complexity index is 379. The molecule has 1 aliphatic carbocycles. The minimum absolute atomic E-state index is 0.368. The van der Waals surface area contributed by atoms with E-state index in [-0.39, 0.29) is 0 Å². The van der Waals surface area contributed by atoms with Crippen LogP contribution < -0.4 is 15.8 Å². The first-order valence-corrected chi connectivity index (χ1v) is 6.89. The molecule has 0 spiro atoms. The summed E-state index contributed by atoms with van der Waals surface area (Å²) in [6.07, 6.45) is 6.42. The van der Waals surface area contributed by atoms with Crippen LogP contribution in [0.15, 0.2) is 18.3 Å². The van der Waals surface area contributed by atoms with Gasteiger partial charge in [0.05, 0.1) is 19.8 Å². The SMILES string of the molecule is COc1cccnc1NCCOC1CCC(N)CC1. The normalized spacial score (nSPS) is 23.1. The van der Waals surface area contributed by atoms with Gasteiger partial charge in [-0.1, -0.05) is 0 Å². The van der Waals surface area contributed by atoms with Gasteiger partial charge >= 0.3 is 0 Å². The van der Waals surface area contributed by atoms with E-state index in [1.807, 2.05) is 12.1 Å². The third-order valence-electron chi connectivity index (χ3n) is 3.46. The molecular weight excluding hydrogens is 242 g/mol. The van der Waals surface area contributed by atoms with Gasteiger partial charge in [-0.25, -0.2) is 4.98 Å². The quantitative estimate of drug-likeness (QED) is 0.767. The van der Waals surface area contributed by atoms with Crippen molar-refractivity contribution in [2.24, 2.45) is 5.73 Å². The predicted octanol–water partition coefficient (Wildman–Crippen LogP) is 1.79. The second-order valence-electron chi connectivity index (χ2n) is 4.89. The van der Waals surface area contributed by atoms with Crippen LogP contribution in [-0.4, -0.2) is 37.4 Å². The molecule has 1 aliphatic rings. The molecule has 5 nitrogen and oxygen atoms in total. The molecule has 2 rings (SSSR count). The summed E-state index contributed by atoms with van der Waals surface area (Å²) in [4.78, 5) is 4.24. The van der Waals surface area contributed by atoms with Crippen LogP contribution >= 0.6 is 0 Å². The Morgan fingerprint density at radius 3 is 2.89 bits per heavy atom. The highest BCUT2D eigenvalue weighted by Gasteiger charge is 2.18. The van der Waals surface area contributed by atoms with Crippen molar-refractivity contribution in [2.75, 3.05) is 25.6 Å². The molecule has 1 fully saturated rings. The molecule has 19 heavy (non-hydrogen) atoms. The lowest BCUT2D eigenvalue weighted by Gasteiger charge is -2.26. The lowest BCUT2D eigenvalue weighted by Crippen LogP contribution is -2.31. The highest BCUT2D eigenvalue weighted by Crippen LogP contribution is 2.21. The summed E-state index contributed by atoms with van der Waals surface area (Å²) in [5.41, 5.74) is 5.87. The molecular formula is C14H23N3O2. The van der Waals surface area contributed by atoms with Gasteiger partial charge in [0, 0.05) is 18.8 Å². The zero-order chi connectivity index (χ0) is 13.5. The van der Waals surface area contributed by atoms with Crippen molar-refractivity contribution in [3.05, 3.63) is 18.3 Å². The molecule has 0 atom stereocenters. The molecule has 1 aromatic rings. The Labute approximate surface area is 114 Å². The maximum atomic E-state index is 5.87. The van der Waals surface area contributed by atoms with E-state index in [0.29, 0.717) is 18.8 Å². The summed E-state index contributed by atoms with van der Waals surface area (Å²) in [6, 6.07) is 4.11. The topological polar surface area (TPSA) is 69.4 Å². The van der Waals surface area contributed by atoms with Gasteiger partial charge in [-0.3, -0.25) is 0 Å². The standard InChI is InChI=1S/C14H23N3O2/c1-18-13-3-2-8-16-14(13)17-9-10-19-12-6-4-11(15)5-7-12/h2-3,8,11-12H,4-7,9-10,15H2,1H3,(H,16,17). The summed E-state index contributed by atoms with van der Waals surface area (Å²) in [6.45, 7) is 1.41. The van der Waals surface area contributed by atoms with E-state index in [1.165, 1.54) is 0 Å². The van der Waals surface area contributed by atoms with Gasteiger partial charge in [-0.2, -0.15) is 0 Å². The molecule has 5 heteroatoms. The van der Waals surface area contributed by atoms with E-state index in [0.717, 1.165) is 43.8 Å². The predicted molar refractivity (Wildman–Crippen MR) is 75.5 cm³/mol. The van der Waals surface area contributed by atoms with E-state index in [4.69, 9.17) is 15.2 Å². The van der Waals surface area contributed by atoms with Crippen molar-refractivity contribution < 1.29 is 9.47 Å². The van der Waals surface area contributed by atoms with Crippen molar-refractivity contribution in [1.82, 2.24) is 4.98 Å². The van der Waals surface area contributed by atoms with Crippen LogP contribution in [0.4, 0.5) is 5.82 Å². The van der Waals surface area contributed by atoms with Crippen molar-refractivity contribution in [2.45, 2.75) is 37.8 Å². The van der Waals surface area contributed by atoms with Crippen LogP contribution in [0.1, 0.15) is 25.7 Å². The highest BCUT2D eigenvalue weighted by molar-refractivity contribution is 5.49. The Morgan fingerprint density at radius 1 is 1.37 bits per heavy atom. The number of pyridine rings is 1. The second kappa shape index (κ2) is 7.31. The number of rotatable bonds is 6. The first-order chi connectivity index (χ1) is 9.29. The first kappa shape index (κ1) is 14.1. The van der Waals surface area contributed by atoms with E-state index >= 15 is 0 Å². The molecule has 0 saturated heterocycles. The zero-order valence-corrected chi connectivity index (χ0v) is 11.5. The van der Waals surface area contributed by atoms with Crippen molar-refractivity contribution in [3.8, 4) is 5.75 Å². The lowest BCUT2D eigenvalue weighted by atomic mass is 9.94. The number of ether oxygens (including phenoxy) is 2. The summed E-state index contributed by atoms with van der Waals surface area (Å²) in [7, 11) is 1.64. The van der Waals surface area contributed by atoms with Gasteiger partial charge in [-0.15, -0.1) is 0 Å².